The van der Waals surface area contributed by atoms with Gasteiger partial charge in [0, 0.05) is 19.4 Å². The summed E-state index contributed by atoms with van der Waals surface area (Å²) in [5.41, 5.74) is 0. The maximum absolute atomic E-state index is 12.5. The summed E-state index contributed by atoms with van der Waals surface area (Å²) >= 11 is 0. The minimum absolute atomic E-state index is 0.125. The van der Waals surface area contributed by atoms with E-state index in [2.05, 4.69) is 5.32 Å². The van der Waals surface area contributed by atoms with Crippen molar-refractivity contribution in [1.29, 1.82) is 0 Å². The molecule has 0 aromatic carbocycles. The van der Waals surface area contributed by atoms with Gasteiger partial charge in [-0.25, -0.2) is 4.39 Å². The first kappa shape index (κ1) is 7.66. The molecule has 0 aromatic rings. The normalized spacial score (nSPS) is 32.6. The van der Waals surface area contributed by atoms with E-state index in [4.69, 9.17) is 0 Å². The lowest BCUT2D eigenvalue weighted by atomic mass is 10.1. The molecule has 2 atom stereocenters. The van der Waals surface area contributed by atoms with E-state index in [9.17, 15) is 9.18 Å². The first-order valence-corrected chi connectivity index (χ1v) is 3.64. The van der Waals surface area contributed by atoms with Crippen LogP contribution in [-0.2, 0) is 4.79 Å². The van der Waals surface area contributed by atoms with Gasteiger partial charge in [0.1, 0.15) is 12.0 Å². The van der Waals surface area contributed by atoms with Gasteiger partial charge in [-0.15, -0.1) is 0 Å². The van der Waals surface area contributed by atoms with Crippen LogP contribution in [0.1, 0.15) is 19.8 Å². The van der Waals surface area contributed by atoms with Crippen LogP contribution in [0, 0.1) is 0 Å². The van der Waals surface area contributed by atoms with Crippen LogP contribution < -0.4 is 5.32 Å². The van der Waals surface area contributed by atoms with Gasteiger partial charge in [-0.05, 0) is 0 Å². The van der Waals surface area contributed by atoms with Gasteiger partial charge in [0.25, 0.3) is 0 Å². The van der Waals surface area contributed by atoms with Gasteiger partial charge in [-0.1, -0.05) is 6.92 Å². The topological polar surface area (TPSA) is 29.1 Å². The molecule has 1 saturated heterocycles. The Morgan fingerprint density at radius 2 is 2.50 bits per heavy atom. The zero-order chi connectivity index (χ0) is 7.56. The van der Waals surface area contributed by atoms with E-state index < -0.39 is 6.17 Å². The van der Waals surface area contributed by atoms with Crippen molar-refractivity contribution in [3.8, 4) is 0 Å². The van der Waals surface area contributed by atoms with Gasteiger partial charge in [0.15, 0.2) is 0 Å². The number of hydrogen-bond acceptors (Lipinski definition) is 2. The van der Waals surface area contributed by atoms with Crippen molar-refractivity contribution in [3.63, 3.8) is 0 Å². The fourth-order valence-electron chi connectivity index (χ4n) is 1.18. The van der Waals surface area contributed by atoms with E-state index in [0.717, 1.165) is 0 Å². The SMILES string of the molecule is CCC(=O)C1CC(F)CN1. The Hall–Kier alpha value is -0.440. The molecule has 0 aromatic heterocycles. The van der Waals surface area contributed by atoms with Crippen molar-refractivity contribution >= 4 is 5.78 Å². The average Bonchev–Trinajstić information content (AvgIpc) is 2.34. The second-order valence-corrected chi connectivity index (χ2v) is 2.61. The number of nitrogens with one attached hydrogen (secondary N) is 1. The molecule has 0 radical (unpaired) electrons. The molecule has 58 valence electrons. The van der Waals surface area contributed by atoms with Gasteiger partial charge in [-0.3, -0.25) is 4.79 Å². The summed E-state index contributed by atoms with van der Waals surface area (Å²) in [6.45, 7) is 2.14. The standard InChI is InChI=1S/C7H12FNO/c1-2-7(10)6-3-5(8)4-9-6/h5-6,9H,2-4H2,1H3. The molecule has 0 spiro atoms. The molecule has 1 aliphatic heterocycles. The molecular formula is C7H12FNO. The Bertz CT molecular complexity index is 138. The fourth-order valence-corrected chi connectivity index (χ4v) is 1.18. The van der Waals surface area contributed by atoms with Crippen molar-refractivity contribution in [2.75, 3.05) is 6.54 Å². The third-order valence-electron chi connectivity index (χ3n) is 1.81. The Morgan fingerprint density at radius 1 is 1.80 bits per heavy atom. The second kappa shape index (κ2) is 3.10. The molecule has 1 fully saturated rings. The molecule has 1 aliphatic rings. The molecule has 1 rings (SSSR count). The van der Waals surface area contributed by atoms with Crippen LogP contribution in [0.4, 0.5) is 4.39 Å². The van der Waals surface area contributed by atoms with Gasteiger partial charge < -0.3 is 5.32 Å². The molecule has 0 aliphatic carbocycles. The zero-order valence-corrected chi connectivity index (χ0v) is 6.06. The Balaban J connectivity index is 2.37. The van der Waals surface area contributed by atoms with E-state index in [1.54, 1.807) is 6.92 Å². The van der Waals surface area contributed by atoms with Crippen LogP contribution >= 0.6 is 0 Å². The number of carbonyl (C=O) groups is 1. The minimum Gasteiger partial charge on any atom is -0.304 e. The molecule has 0 amide bonds. The van der Waals surface area contributed by atoms with Crippen molar-refractivity contribution < 1.29 is 9.18 Å². The summed E-state index contributed by atoms with van der Waals surface area (Å²) in [4.78, 5) is 10.9. The molecule has 1 heterocycles. The monoisotopic (exact) mass is 145 g/mol. The zero-order valence-electron chi connectivity index (χ0n) is 6.06. The number of rotatable bonds is 2. The number of alkyl halides is 1. The summed E-state index contributed by atoms with van der Waals surface area (Å²) in [6.07, 6.45) is 0.0531. The Morgan fingerprint density at radius 3 is 2.90 bits per heavy atom. The van der Waals surface area contributed by atoms with Crippen LogP contribution in [0.3, 0.4) is 0 Å². The third-order valence-corrected chi connectivity index (χ3v) is 1.81. The Kier molecular flexibility index (Phi) is 2.38. The quantitative estimate of drug-likeness (QED) is 0.618. The lowest BCUT2D eigenvalue weighted by molar-refractivity contribution is -0.120. The number of ketones is 1. The summed E-state index contributed by atoms with van der Waals surface area (Å²) < 4.78 is 12.5. The van der Waals surface area contributed by atoms with E-state index >= 15 is 0 Å². The molecule has 10 heavy (non-hydrogen) atoms. The molecule has 0 bridgehead atoms. The van der Waals surface area contributed by atoms with Crippen molar-refractivity contribution in [2.45, 2.75) is 32.0 Å². The van der Waals surface area contributed by atoms with Crippen molar-refractivity contribution in [1.82, 2.24) is 5.32 Å². The maximum atomic E-state index is 12.5. The maximum Gasteiger partial charge on any atom is 0.149 e. The number of carbonyl (C=O) groups excluding carboxylic acids is 1. The Labute approximate surface area is 59.8 Å². The van der Waals surface area contributed by atoms with Crippen LogP contribution in [0.5, 0.6) is 0 Å². The second-order valence-electron chi connectivity index (χ2n) is 2.61. The predicted molar refractivity (Wildman–Crippen MR) is 36.6 cm³/mol. The molecule has 0 saturated carbocycles. The van der Waals surface area contributed by atoms with E-state index in [-0.39, 0.29) is 11.8 Å². The van der Waals surface area contributed by atoms with Crippen LogP contribution in [-0.4, -0.2) is 24.5 Å². The van der Waals surface area contributed by atoms with Gasteiger partial charge in [0.05, 0.1) is 6.04 Å². The lowest BCUT2D eigenvalue weighted by Gasteiger charge is -2.04. The lowest BCUT2D eigenvalue weighted by Crippen LogP contribution is -2.29. The van der Waals surface area contributed by atoms with Crippen LogP contribution in [0.2, 0.25) is 0 Å². The van der Waals surface area contributed by atoms with Crippen LogP contribution in [0.15, 0.2) is 0 Å². The molecular weight excluding hydrogens is 133 g/mol. The summed E-state index contributed by atoms with van der Waals surface area (Å²) in [6, 6.07) is -0.208. The van der Waals surface area contributed by atoms with Crippen molar-refractivity contribution in [3.05, 3.63) is 0 Å². The first-order chi connectivity index (χ1) is 4.74. The average molecular weight is 145 g/mol. The van der Waals surface area contributed by atoms with Gasteiger partial charge >= 0.3 is 0 Å². The van der Waals surface area contributed by atoms with Gasteiger partial charge in [-0.2, -0.15) is 0 Å². The van der Waals surface area contributed by atoms with E-state index in [0.29, 0.717) is 19.4 Å². The molecule has 2 unspecified atom stereocenters. The molecule has 2 nitrogen and oxygen atoms in total. The largest absolute Gasteiger partial charge is 0.304 e. The highest BCUT2D eigenvalue weighted by Crippen LogP contribution is 2.11. The number of hydrogen-bond donors (Lipinski definition) is 1. The van der Waals surface area contributed by atoms with Gasteiger partial charge in [0.2, 0.25) is 0 Å². The number of halogens is 1. The summed E-state index contributed by atoms with van der Waals surface area (Å²) in [5.74, 6) is 0.125. The highest BCUT2D eigenvalue weighted by Gasteiger charge is 2.27. The van der Waals surface area contributed by atoms with Crippen LogP contribution in [0.25, 0.3) is 0 Å². The van der Waals surface area contributed by atoms with E-state index in [1.807, 2.05) is 0 Å². The highest BCUT2D eigenvalue weighted by atomic mass is 19.1. The minimum atomic E-state index is -0.819. The molecule has 1 N–H and O–H groups in total. The number of Topliss-reactive ketones (excluding diaryl/α,β-unsaturated/α-hetero) is 1. The summed E-state index contributed by atoms with van der Waals surface area (Å²) in [7, 11) is 0. The van der Waals surface area contributed by atoms with E-state index in [1.165, 1.54) is 0 Å². The molecule has 3 heteroatoms. The smallest absolute Gasteiger partial charge is 0.149 e. The predicted octanol–water partition coefficient (Wildman–Crippen LogP) is 0.665. The highest BCUT2D eigenvalue weighted by molar-refractivity contribution is 5.84. The summed E-state index contributed by atoms with van der Waals surface area (Å²) in [5, 5.41) is 2.83. The first-order valence-electron chi connectivity index (χ1n) is 3.64. The van der Waals surface area contributed by atoms with Crippen molar-refractivity contribution in [2.24, 2.45) is 0 Å². The third kappa shape index (κ3) is 1.53. The fraction of sp³-hybridized carbons (Fsp3) is 0.857.